The van der Waals surface area contributed by atoms with Gasteiger partial charge in [-0.25, -0.2) is 0 Å². The van der Waals surface area contributed by atoms with Gasteiger partial charge in [0.15, 0.2) is 0 Å². The molecule has 4 aliphatic carbocycles. The number of nitrogens with two attached hydrogens (primary N) is 1. The summed E-state index contributed by atoms with van der Waals surface area (Å²) in [5.41, 5.74) is 9.52. The van der Waals surface area contributed by atoms with Crippen molar-refractivity contribution in [3.05, 3.63) is 50.8 Å². The van der Waals surface area contributed by atoms with Crippen molar-refractivity contribution in [3.8, 4) is 0 Å². The second-order valence-electron chi connectivity index (χ2n) is 9.89. The first-order valence-corrected chi connectivity index (χ1v) is 11.9. The van der Waals surface area contributed by atoms with Crippen LogP contribution >= 0.6 is 11.3 Å². The van der Waals surface area contributed by atoms with Crippen molar-refractivity contribution in [3.63, 3.8) is 0 Å². The summed E-state index contributed by atoms with van der Waals surface area (Å²) in [4.78, 5) is 22.3. The van der Waals surface area contributed by atoms with Gasteiger partial charge in [0.1, 0.15) is 10.8 Å². The number of aliphatic imine (C=N–C) groups is 1. The van der Waals surface area contributed by atoms with E-state index in [1.54, 1.807) is 28.1 Å². The number of hydrogen-bond donors (Lipinski definition) is 1. The van der Waals surface area contributed by atoms with Crippen LogP contribution in [0.3, 0.4) is 0 Å². The topological polar surface area (TPSA) is 85.6 Å². The SMILES string of the molecule is Nc1c(/C=C2\C=Nc3ccccc32)c(=O)nc2sc(C34CC5CC(CC(C5)C3)C4)nn12. The first kappa shape index (κ1) is 17.8. The van der Waals surface area contributed by atoms with Crippen LogP contribution in [0.5, 0.6) is 0 Å². The molecule has 7 heteroatoms. The van der Waals surface area contributed by atoms with Crippen LogP contribution in [0.2, 0.25) is 0 Å². The van der Waals surface area contributed by atoms with E-state index in [0.29, 0.717) is 16.3 Å². The molecule has 0 spiro atoms. The van der Waals surface area contributed by atoms with Gasteiger partial charge in [0.25, 0.3) is 5.56 Å². The third-order valence-electron chi connectivity index (χ3n) is 7.84. The molecular formula is C24H23N5OS. The van der Waals surface area contributed by atoms with Crippen LogP contribution in [0.1, 0.15) is 54.7 Å². The fourth-order valence-corrected chi connectivity index (χ4v) is 8.03. The van der Waals surface area contributed by atoms with Gasteiger partial charge in [-0.15, -0.1) is 0 Å². The largest absolute Gasteiger partial charge is 0.383 e. The summed E-state index contributed by atoms with van der Waals surface area (Å²) >= 11 is 1.57. The monoisotopic (exact) mass is 429 g/mol. The number of para-hydroxylation sites is 1. The summed E-state index contributed by atoms with van der Waals surface area (Å²) in [7, 11) is 0. The molecule has 3 aromatic rings. The lowest BCUT2D eigenvalue weighted by molar-refractivity contribution is -0.00564. The molecule has 8 rings (SSSR count). The Morgan fingerprint density at radius 1 is 1.10 bits per heavy atom. The van der Waals surface area contributed by atoms with Crippen molar-refractivity contribution < 1.29 is 0 Å². The molecule has 5 aliphatic rings. The zero-order valence-electron chi connectivity index (χ0n) is 17.1. The van der Waals surface area contributed by atoms with Crippen molar-refractivity contribution in [1.82, 2.24) is 14.6 Å². The van der Waals surface area contributed by atoms with E-state index >= 15 is 0 Å². The first-order valence-electron chi connectivity index (χ1n) is 11.1. The number of nitrogen functional groups attached to an aromatic ring is 1. The van der Waals surface area contributed by atoms with Crippen LogP contribution in [-0.2, 0) is 5.41 Å². The smallest absolute Gasteiger partial charge is 0.283 e. The molecule has 0 atom stereocenters. The maximum absolute atomic E-state index is 12.9. The fraction of sp³-hybridized carbons (Fsp3) is 0.417. The van der Waals surface area contributed by atoms with E-state index in [0.717, 1.165) is 39.6 Å². The zero-order chi connectivity index (χ0) is 20.7. The van der Waals surface area contributed by atoms with Gasteiger partial charge in [-0.05, 0) is 68.4 Å². The van der Waals surface area contributed by atoms with Crippen molar-refractivity contribution in [2.24, 2.45) is 22.7 Å². The van der Waals surface area contributed by atoms with Gasteiger partial charge in [-0.2, -0.15) is 14.6 Å². The molecule has 1 aromatic carbocycles. The van der Waals surface area contributed by atoms with Gasteiger partial charge in [0, 0.05) is 22.8 Å². The van der Waals surface area contributed by atoms with Gasteiger partial charge in [-0.3, -0.25) is 9.79 Å². The fourth-order valence-electron chi connectivity index (χ4n) is 6.91. The molecule has 2 N–H and O–H groups in total. The Morgan fingerprint density at radius 2 is 1.81 bits per heavy atom. The lowest BCUT2D eigenvalue weighted by Crippen LogP contribution is -2.48. The molecule has 4 fully saturated rings. The maximum Gasteiger partial charge on any atom is 0.283 e. The molecule has 2 aromatic heterocycles. The Balaban J connectivity index is 1.34. The van der Waals surface area contributed by atoms with E-state index < -0.39 is 0 Å². The number of rotatable bonds is 2. The van der Waals surface area contributed by atoms with Crippen LogP contribution in [-0.4, -0.2) is 20.8 Å². The summed E-state index contributed by atoms with van der Waals surface area (Å²) in [6.07, 6.45) is 11.4. The van der Waals surface area contributed by atoms with Crippen molar-refractivity contribution in [1.29, 1.82) is 0 Å². The minimum absolute atomic E-state index is 0.165. The molecule has 4 bridgehead atoms. The zero-order valence-corrected chi connectivity index (χ0v) is 17.9. The lowest BCUT2D eigenvalue weighted by atomic mass is 9.50. The molecular weight excluding hydrogens is 406 g/mol. The number of aromatic nitrogens is 3. The summed E-state index contributed by atoms with van der Waals surface area (Å²) in [5.74, 6) is 2.88. The summed E-state index contributed by atoms with van der Waals surface area (Å²) in [5, 5.41) is 6.10. The van der Waals surface area contributed by atoms with Crippen molar-refractivity contribution in [2.45, 2.75) is 43.9 Å². The molecule has 6 nitrogen and oxygen atoms in total. The molecule has 3 heterocycles. The Morgan fingerprint density at radius 3 is 2.55 bits per heavy atom. The summed E-state index contributed by atoms with van der Waals surface area (Å²) in [6, 6.07) is 7.89. The second kappa shape index (κ2) is 6.13. The number of hydrogen-bond acceptors (Lipinski definition) is 6. The van der Waals surface area contributed by atoms with Gasteiger partial charge in [-0.1, -0.05) is 29.5 Å². The third kappa shape index (κ3) is 2.56. The molecule has 1 aliphatic heterocycles. The van der Waals surface area contributed by atoms with Crippen LogP contribution < -0.4 is 11.3 Å². The Kier molecular flexibility index (Phi) is 3.53. The summed E-state index contributed by atoms with van der Waals surface area (Å²) in [6.45, 7) is 0. The molecule has 4 saturated carbocycles. The van der Waals surface area contributed by atoms with Crippen LogP contribution in [0.4, 0.5) is 11.5 Å². The highest BCUT2D eigenvalue weighted by Gasteiger charge is 2.53. The quantitative estimate of drug-likeness (QED) is 0.652. The van der Waals surface area contributed by atoms with E-state index in [1.165, 1.54) is 38.5 Å². The van der Waals surface area contributed by atoms with E-state index in [2.05, 4.69) is 9.98 Å². The highest BCUT2D eigenvalue weighted by molar-refractivity contribution is 7.16. The van der Waals surface area contributed by atoms with Gasteiger partial charge < -0.3 is 5.73 Å². The molecule has 0 saturated heterocycles. The first-order chi connectivity index (χ1) is 15.1. The van der Waals surface area contributed by atoms with Gasteiger partial charge in [0.2, 0.25) is 4.96 Å². The highest BCUT2D eigenvalue weighted by Crippen LogP contribution is 2.61. The van der Waals surface area contributed by atoms with Gasteiger partial charge in [0.05, 0.1) is 11.3 Å². The predicted octanol–water partition coefficient (Wildman–Crippen LogP) is 4.46. The maximum atomic E-state index is 12.9. The van der Waals surface area contributed by atoms with E-state index in [-0.39, 0.29) is 11.0 Å². The third-order valence-corrected chi connectivity index (χ3v) is 9.00. The average molecular weight is 430 g/mol. The number of allylic oxidation sites excluding steroid dienone is 1. The standard InChI is InChI=1S/C24H23N5OS/c25-20-18(8-16-12-26-19-4-2-1-3-17(16)19)21(30)27-23-29(20)28-22(31-23)24-9-13-5-14(10-24)7-15(6-13)11-24/h1-4,8,12-15H,5-7,9-11,25H2/b16-8+. The number of fused-ring (bicyclic) bond motifs is 2. The van der Waals surface area contributed by atoms with Crippen LogP contribution in [0.15, 0.2) is 34.1 Å². The normalized spacial score (nSPS) is 31.7. The minimum atomic E-state index is -0.302. The van der Waals surface area contributed by atoms with E-state index in [4.69, 9.17) is 10.8 Å². The molecule has 156 valence electrons. The minimum Gasteiger partial charge on any atom is -0.383 e. The highest BCUT2D eigenvalue weighted by atomic mass is 32.1. The Hall–Kier alpha value is -2.80. The van der Waals surface area contributed by atoms with Crippen LogP contribution in [0, 0.1) is 17.8 Å². The van der Waals surface area contributed by atoms with Gasteiger partial charge >= 0.3 is 0 Å². The Labute approximate surface area is 183 Å². The van der Waals surface area contributed by atoms with E-state index in [9.17, 15) is 4.79 Å². The average Bonchev–Trinajstić information content (AvgIpc) is 3.35. The van der Waals surface area contributed by atoms with Crippen molar-refractivity contribution in [2.75, 3.05) is 5.73 Å². The van der Waals surface area contributed by atoms with Crippen LogP contribution in [0.25, 0.3) is 16.6 Å². The molecule has 0 amide bonds. The molecule has 0 unspecified atom stereocenters. The number of nitrogens with zero attached hydrogens (tertiary/aromatic N) is 4. The lowest BCUT2D eigenvalue weighted by Gasteiger charge is -2.55. The number of anilines is 1. The summed E-state index contributed by atoms with van der Waals surface area (Å²) < 4.78 is 1.70. The van der Waals surface area contributed by atoms with Crippen molar-refractivity contribution >= 4 is 45.7 Å². The molecule has 0 radical (unpaired) electrons. The number of benzene rings is 1. The predicted molar refractivity (Wildman–Crippen MR) is 124 cm³/mol. The Bertz CT molecular complexity index is 1330. The second-order valence-corrected chi connectivity index (χ2v) is 10.8. The van der Waals surface area contributed by atoms with E-state index in [1.807, 2.05) is 24.3 Å². The molecule has 31 heavy (non-hydrogen) atoms.